The summed E-state index contributed by atoms with van der Waals surface area (Å²) in [5, 5.41) is 7.84. The maximum atomic E-state index is 13.4. The molecule has 1 aliphatic heterocycles. The Hall–Kier alpha value is -2.25. The summed E-state index contributed by atoms with van der Waals surface area (Å²) in [5.41, 5.74) is 2.18. The molecule has 1 saturated heterocycles. The molecule has 2 aliphatic rings. The summed E-state index contributed by atoms with van der Waals surface area (Å²) >= 11 is 0. The third-order valence-electron chi connectivity index (χ3n) is 6.49. The Labute approximate surface area is 171 Å². The number of carbonyl (C=O) groups excluding carboxylic acids is 1. The first kappa shape index (κ1) is 20.0. The van der Waals surface area contributed by atoms with Gasteiger partial charge in [0.25, 0.3) is 0 Å². The van der Waals surface area contributed by atoms with E-state index in [1.165, 1.54) is 12.1 Å². The number of hydrogen-bond acceptors (Lipinski definition) is 4. The fourth-order valence-corrected chi connectivity index (χ4v) is 4.64. The van der Waals surface area contributed by atoms with E-state index in [0.717, 1.165) is 56.8 Å². The van der Waals surface area contributed by atoms with E-state index in [2.05, 4.69) is 22.4 Å². The molecular weight excluding hydrogens is 369 g/mol. The van der Waals surface area contributed by atoms with Crippen LogP contribution in [0.1, 0.15) is 30.0 Å². The first-order chi connectivity index (χ1) is 14.0. The van der Waals surface area contributed by atoms with E-state index >= 15 is 0 Å². The van der Waals surface area contributed by atoms with Gasteiger partial charge in [-0.25, -0.2) is 4.39 Å². The monoisotopic (exact) mass is 399 g/mol. The van der Waals surface area contributed by atoms with Crippen molar-refractivity contribution in [2.75, 3.05) is 33.2 Å². The number of piperazine rings is 1. The van der Waals surface area contributed by atoms with Crippen LogP contribution in [0.15, 0.2) is 36.5 Å². The molecule has 1 aliphatic carbocycles. The average molecular weight is 400 g/mol. The van der Waals surface area contributed by atoms with Gasteiger partial charge in [0.15, 0.2) is 0 Å². The van der Waals surface area contributed by atoms with Crippen LogP contribution in [0.3, 0.4) is 0 Å². The summed E-state index contributed by atoms with van der Waals surface area (Å²) in [6, 6.07) is 8.95. The number of aryl methyl sites for hydroxylation is 1. The van der Waals surface area contributed by atoms with Gasteiger partial charge in [0.05, 0.1) is 5.69 Å². The molecule has 7 heteroatoms. The van der Waals surface area contributed by atoms with E-state index < -0.39 is 0 Å². The molecule has 4 rings (SSSR count). The normalized spacial score (nSPS) is 25.5. The summed E-state index contributed by atoms with van der Waals surface area (Å²) in [6.07, 6.45) is 3.49. The second-order valence-electron chi connectivity index (χ2n) is 8.39. The van der Waals surface area contributed by atoms with Gasteiger partial charge >= 0.3 is 0 Å². The van der Waals surface area contributed by atoms with Gasteiger partial charge in [0, 0.05) is 57.9 Å². The van der Waals surface area contributed by atoms with Crippen molar-refractivity contribution in [1.82, 2.24) is 24.9 Å². The van der Waals surface area contributed by atoms with Gasteiger partial charge < -0.3 is 15.1 Å². The molecule has 0 spiro atoms. The molecule has 0 radical (unpaired) electrons. The number of hydrogen-bond donors (Lipinski definition) is 1. The molecule has 0 unspecified atom stereocenters. The first-order valence-corrected chi connectivity index (χ1v) is 10.4. The molecule has 29 heavy (non-hydrogen) atoms. The molecule has 6 nitrogen and oxygen atoms in total. The van der Waals surface area contributed by atoms with Crippen LogP contribution in [-0.2, 0) is 18.4 Å². The molecule has 1 saturated carbocycles. The minimum absolute atomic E-state index is 0.0621. The molecule has 2 heterocycles. The second-order valence-corrected chi connectivity index (χ2v) is 8.39. The Morgan fingerprint density at radius 3 is 2.48 bits per heavy atom. The zero-order valence-corrected chi connectivity index (χ0v) is 17.2. The van der Waals surface area contributed by atoms with Crippen LogP contribution in [0.5, 0.6) is 0 Å². The molecule has 1 N–H and O–H groups in total. The summed E-state index contributed by atoms with van der Waals surface area (Å²) in [6.45, 7) is 4.14. The topological polar surface area (TPSA) is 53.4 Å². The van der Waals surface area contributed by atoms with Gasteiger partial charge in [-0.2, -0.15) is 5.10 Å². The lowest BCUT2D eigenvalue weighted by Gasteiger charge is -2.35. The molecular formula is C22H30FN5O. The Balaban J connectivity index is 1.48. The number of aromatic nitrogens is 2. The van der Waals surface area contributed by atoms with Crippen molar-refractivity contribution in [3.05, 3.63) is 53.6 Å². The van der Waals surface area contributed by atoms with Crippen LogP contribution >= 0.6 is 0 Å². The zero-order chi connectivity index (χ0) is 20.4. The minimum atomic E-state index is -0.237. The van der Waals surface area contributed by atoms with Crippen LogP contribution < -0.4 is 5.32 Å². The fraction of sp³-hybridized carbons (Fsp3) is 0.545. The van der Waals surface area contributed by atoms with Crippen LogP contribution in [0.25, 0.3) is 0 Å². The highest BCUT2D eigenvalue weighted by atomic mass is 19.1. The van der Waals surface area contributed by atoms with Crippen molar-refractivity contribution in [2.24, 2.45) is 13.0 Å². The highest BCUT2D eigenvalue weighted by Gasteiger charge is 2.41. The summed E-state index contributed by atoms with van der Waals surface area (Å²) < 4.78 is 15.3. The van der Waals surface area contributed by atoms with Crippen LogP contribution in [0, 0.1) is 11.7 Å². The van der Waals surface area contributed by atoms with Crippen LogP contribution in [-0.4, -0.2) is 64.8 Å². The number of likely N-dealkylation sites (N-methyl/N-ethyl adjacent to an activating group) is 1. The maximum absolute atomic E-state index is 13.4. The van der Waals surface area contributed by atoms with Crippen molar-refractivity contribution in [3.8, 4) is 0 Å². The SMILES string of the molecule is CN1CCN(C(=O)[C@H]2C[C@@H](NCc3ccnn3C)C[C@@H]2c2ccc(F)cc2)CC1. The van der Waals surface area contributed by atoms with Gasteiger partial charge in [-0.3, -0.25) is 9.48 Å². The number of halogens is 1. The zero-order valence-electron chi connectivity index (χ0n) is 17.2. The summed E-state index contributed by atoms with van der Waals surface area (Å²) in [5.74, 6) is 0.0662. The minimum Gasteiger partial charge on any atom is -0.340 e. The molecule has 3 atom stereocenters. The molecule has 2 aromatic rings. The van der Waals surface area contributed by atoms with Gasteiger partial charge in [-0.05, 0) is 49.6 Å². The Morgan fingerprint density at radius 2 is 1.83 bits per heavy atom. The lowest BCUT2D eigenvalue weighted by Crippen LogP contribution is -2.49. The van der Waals surface area contributed by atoms with E-state index in [1.807, 2.05) is 34.8 Å². The first-order valence-electron chi connectivity index (χ1n) is 10.4. The van der Waals surface area contributed by atoms with Crippen molar-refractivity contribution >= 4 is 5.91 Å². The van der Waals surface area contributed by atoms with Crippen molar-refractivity contribution in [1.29, 1.82) is 0 Å². The van der Waals surface area contributed by atoms with E-state index in [0.29, 0.717) is 0 Å². The molecule has 0 bridgehead atoms. The van der Waals surface area contributed by atoms with Crippen LogP contribution in [0.2, 0.25) is 0 Å². The molecule has 156 valence electrons. The lowest BCUT2D eigenvalue weighted by atomic mass is 9.88. The van der Waals surface area contributed by atoms with E-state index in [9.17, 15) is 9.18 Å². The molecule has 1 aromatic heterocycles. The van der Waals surface area contributed by atoms with Crippen molar-refractivity contribution in [2.45, 2.75) is 31.3 Å². The van der Waals surface area contributed by atoms with Gasteiger partial charge in [0.2, 0.25) is 5.91 Å². The predicted molar refractivity (Wildman–Crippen MR) is 110 cm³/mol. The van der Waals surface area contributed by atoms with Crippen molar-refractivity contribution in [3.63, 3.8) is 0 Å². The van der Waals surface area contributed by atoms with Gasteiger partial charge in [-0.1, -0.05) is 12.1 Å². The number of amides is 1. The molecule has 2 fully saturated rings. The molecule has 1 amide bonds. The Morgan fingerprint density at radius 1 is 1.10 bits per heavy atom. The predicted octanol–water partition coefficient (Wildman–Crippen LogP) is 1.99. The average Bonchev–Trinajstić information content (AvgIpc) is 3.33. The van der Waals surface area contributed by atoms with Crippen molar-refractivity contribution < 1.29 is 9.18 Å². The smallest absolute Gasteiger partial charge is 0.226 e. The Bertz CT molecular complexity index is 828. The van der Waals surface area contributed by atoms with E-state index in [-0.39, 0.29) is 29.6 Å². The highest BCUT2D eigenvalue weighted by molar-refractivity contribution is 5.80. The van der Waals surface area contributed by atoms with Gasteiger partial charge in [0.1, 0.15) is 5.82 Å². The number of benzene rings is 1. The Kier molecular flexibility index (Phi) is 5.96. The number of rotatable bonds is 5. The summed E-state index contributed by atoms with van der Waals surface area (Å²) in [7, 11) is 4.03. The standard InChI is InChI=1S/C22H30FN5O/c1-26-9-11-28(12-10-26)22(29)21-14-18(24-15-19-7-8-25-27(19)2)13-20(21)16-3-5-17(23)6-4-16/h3-8,18,20-21,24H,9-15H2,1-2H3/t18-,20+,21-/m0/s1. The molecule has 1 aromatic carbocycles. The van der Waals surface area contributed by atoms with E-state index in [4.69, 9.17) is 0 Å². The van der Waals surface area contributed by atoms with Gasteiger partial charge in [-0.15, -0.1) is 0 Å². The number of carbonyl (C=O) groups is 1. The fourth-order valence-electron chi connectivity index (χ4n) is 4.64. The number of nitrogens with one attached hydrogen (secondary N) is 1. The lowest BCUT2D eigenvalue weighted by molar-refractivity contribution is -0.137. The quantitative estimate of drug-likeness (QED) is 0.836. The second kappa shape index (κ2) is 8.63. The number of nitrogens with zero attached hydrogens (tertiary/aromatic N) is 4. The third kappa shape index (κ3) is 4.51. The van der Waals surface area contributed by atoms with Crippen LogP contribution in [0.4, 0.5) is 4.39 Å². The largest absolute Gasteiger partial charge is 0.340 e. The summed E-state index contributed by atoms with van der Waals surface area (Å²) in [4.78, 5) is 17.7. The third-order valence-corrected chi connectivity index (χ3v) is 6.49. The maximum Gasteiger partial charge on any atom is 0.226 e. The highest BCUT2D eigenvalue weighted by Crippen LogP contribution is 2.41. The van der Waals surface area contributed by atoms with E-state index in [1.54, 1.807) is 6.20 Å².